The summed E-state index contributed by atoms with van der Waals surface area (Å²) < 4.78 is 13.6. The van der Waals surface area contributed by atoms with Crippen LogP contribution in [0.5, 0.6) is 0 Å². The molecule has 1 unspecified atom stereocenters. The summed E-state index contributed by atoms with van der Waals surface area (Å²) in [7, 11) is 0. The van der Waals surface area contributed by atoms with Gasteiger partial charge < -0.3 is 0 Å². The highest BCUT2D eigenvalue weighted by atomic mass is 19.1. The second kappa shape index (κ2) is 5.13. The number of hydrogen-bond donors (Lipinski definition) is 0. The third-order valence-electron chi connectivity index (χ3n) is 3.32. The number of rotatable bonds is 4. The molecule has 0 aromatic rings. The number of allylic oxidation sites excluding steroid dienone is 2. The molecule has 2 aliphatic rings. The maximum Gasteiger partial charge on any atom is 0.213 e. The van der Waals surface area contributed by atoms with E-state index in [-0.39, 0.29) is 12.2 Å². The van der Waals surface area contributed by atoms with Crippen LogP contribution in [0.4, 0.5) is 4.39 Å². The molecule has 2 aliphatic heterocycles. The molecule has 2 rings (SSSR count). The molecule has 0 aromatic heterocycles. The number of hydrogen-bond acceptors (Lipinski definition) is 3. The summed E-state index contributed by atoms with van der Waals surface area (Å²) >= 11 is 0. The monoisotopic (exact) mass is 250 g/mol. The molecule has 0 spiro atoms. The summed E-state index contributed by atoms with van der Waals surface area (Å²) in [4.78, 5) is 7.93. The van der Waals surface area contributed by atoms with Crippen molar-refractivity contribution in [1.29, 1.82) is 0 Å². The third-order valence-corrected chi connectivity index (χ3v) is 3.32. The van der Waals surface area contributed by atoms with E-state index in [0.29, 0.717) is 6.54 Å². The van der Waals surface area contributed by atoms with Crippen molar-refractivity contribution in [3.8, 4) is 12.3 Å². The molecule has 0 saturated carbocycles. The molecule has 0 aromatic carbocycles. The van der Waals surface area contributed by atoms with Crippen LogP contribution >= 0.6 is 0 Å². The zero-order valence-corrected chi connectivity index (χ0v) is 10.9. The summed E-state index contributed by atoms with van der Waals surface area (Å²) in [5, 5.41) is 1.27. The summed E-state index contributed by atoms with van der Waals surface area (Å²) in [5.74, 6) is 2.36. The predicted octanol–water partition coefficient (Wildman–Crippen LogP) is 2.29. The number of nitrogens with zero attached hydrogens (tertiary/aromatic N) is 2. The molecule has 0 bridgehead atoms. The molecule has 18 heavy (non-hydrogen) atoms. The fraction of sp³-hybridized carbons (Fsp3) is 0.571. The van der Waals surface area contributed by atoms with Gasteiger partial charge in [-0.15, -0.1) is 6.42 Å². The predicted molar refractivity (Wildman–Crippen MR) is 68.7 cm³/mol. The second-order valence-electron chi connectivity index (χ2n) is 5.19. The molecule has 2 heterocycles. The molecule has 98 valence electrons. The first-order valence-corrected chi connectivity index (χ1v) is 6.23. The van der Waals surface area contributed by atoms with E-state index < -0.39 is 5.41 Å². The average Bonchev–Trinajstić information content (AvgIpc) is 2.28. The van der Waals surface area contributed by atoms with Crippen LogP contribution in [0.15, 0.2) is 24.2 Å². The Balaban J connectivity index is 2.08. The molecule has 1 fully saturated rings. The zero-order chi connectivity index (χ0) is 13.2. The standard InChI is InChI=1S/C14H19FN2O/c1-4-14(2,3)13(16-9-7-10-16)18-17-11-6-5-8-12(17)15/h1,5-6,8,13H,7,9-11H2,2-3H3. The number of likely N-dealkylation sites (tertiary alicyclic amines) is 1. The molecular weight excluding hydrogens is 231 g/mol. The van der Waals surface area contributed by atoms with Crippen molar-refractivity contribution in [2.45, 2.75) is 26.5 Å². The van der Waals surface area contributed by atoms with Crippen molar-refractivity contribution < 1.29 is 9.23 Å². The first-order valence-electron chi connectivity index (χ1n) is 6.23. The van der Waals surface area contributed by atoms with Gasteiger partial charge in [0.25, 0.3) is 0 Å². The highest BCUT2D eigenvalue weighted by Gasteiger charge is 2.38. The fourth-order valence-corrected chi connectivity index (χ4v) is 1.99. The Labute approximate surface area is 108 Å². The van der Waals surface area contributed by atoms with Gasteiger partial charge in [-0.05, 0) is 26.3 Å². The fourth-order valence-electron chi connectivity index (χ4n) is 1.99. The normalized spacial score (nSPS) is 22.1. The largest absolute Gasteiger partial charge is 0.275 e. The second-order valence-corrected chi connectivity index (χ2v) is 5.19. The van der Waals surface area contributed by atoms with Crippen LogP contribution in [0.25, 0.3) is 0 Å². The minimum absolute atomic E-state index is 0.290. The van der Waals surface area contributed by atoms with Gasteiger partial charge in [0.2, 0.25) is 5.95 Å². The molecule has 0 aliphatic carbocycles. The molecule has 0 N–H and O–H groups in total. The highest BCUT2D eigenvalue weighted by molar-refractivity contribution is 5.12. The average molecular weight is 250 g/mol. The minimum Gasteiger partial charge on any atom is -0.275 e. The van der Waals surface area contributed by atoms with Crippen molar-refractivity contribution >= 4 is 0 Å². The topological polar surface area (TPSA) is 15.7 Å². The first kappa shape index (κ1) is 13.1. The highest BCUT2D eigenvalue weighted by Crippen LogP contribution is 2.30. The van der Waals surface area contributed by atoms with Gasteiger partial charge in [0, 0.05) is 13.1 Å². The van der Waals surface area contributed by atoms with E-state index in [0.717, 1.165) is 19.5 Å². The quantitative estimate of drug-likeness (QED) is 0.562. The lowest BCUT2D eigenvalue weighted by molar-refractivity contribution is -0.260. The van der Waals surface area contributed by atoms with E-state index in [2.05, 4.69) is 10.8 Å². The van der Waals surface area contributed by atoms with E-state index in [4.69, 9.17) is 11.3 Å². The first-order chi connectivity index (χ1) is 8.54. The molecule has 0 amide bonds. The van der Waals surface area contributed by atoms with Crippen LogP contribution in [0.2, 0.25) is 0 Å². The third kappa shape index (κ3) is 2.58. The van der Waals surface area contributed by atoms with Crippen LogP contribution < -0.4 is 0 Å². The van der Waals surface area contributed by atoms with Crippen molar-refractivity contribution in [2.75, 3.05) is 19.6 Å². The number of halogens is 1. The SMILES string of the molecule is C#CC(C)(C)C(ON1CC=CC=C1F)N1CCC1. The molecule has 1 atom stereocenters. The summed E-state index contributed by atoms with van der Waals surface area (Å²) in [5.41, 5.74) is -0.456. The summed E-state index contributed by atoms with van der Waals surface area (Å²) in [6.07, 6.45) is 11.3. The van der Waals surface area contributed by atoms with Crippen LogP contribution in [-0.2, 0) is 4.84 Å². The molecular formula is C14H19FN2O. The van der Waals surface area contributed by atoms with Gasteiger partial charge in [0.15, 0.2) is 6.23 Å². The number of terminal acetylenes is 1. The summed E-state index contributed by atoms with van der Waals surface area (Å²) in [6, 6.07) is 0. The van der Waals surface area contributed by atoms with E-state index in [1.165, 1.54) is 11.1 Å². The van der Waals surface area contributed by atoms with Gasteiger partial charge in [-0.1, -0.05) is 18.1 Å². The van der Waals surface area contributed by atoms with E-state index in [1.54, 1.807) is 6.08 Å². The molecule has 1 saturated heterocycles. The lowest BCUT2D eigenvalue weighted by Crippen LogP contribution is -2.55. The zero-order valence-electron chi connectivity index (χ0n) is 10.9. The minimum atomic E-state index is -0.456. The van der Waals surface area contributed by atoms with Crippen molar-refractivity contribution in [2.24, 2.45) is 5.41 Å². The molecule has 0 radical (unpaired) electrons. The van der Waals surface area contributed by atoms with E-state index >= 15 is 0 Å². The van der Waals surface area contributed by atoms with Crippen LogP contribution in [0.3, 0.4) is 0 Å². The van der Waals surface area contributed by atoms with Gasteiger partial charge in [-0.3, -0.25) is 9.74 Å². The van der Waals surface area contributed by atoms with E-state index in [1.807, 2.05) is 19.9 Å². The Morgan fingerprint density at radius 1 is 1.50 bits per heavy atom. The van der Waals surface area contributed by atoms with Crippen molar-refractivity contribution in [1.82, 2.24) is 9.96 Å². The molecule has 3 nitrogen and oxygen atoms in total. The Morgan fingerprint density at radius 2 is 2.22 bits per heavy atom. The maximum atomic E-state index is 13.6. The van der Waals surface area contributed by atoms with Crippen LogP contribution in [0.1, 0.15) is 20.3 Å². The van der Waals surface area contributed by atoms with Gasteiger partial charge in [-0.25, -0.2) is 5.06 Å². The Kier molecular flexibility index (Phi) is 3.74. The Bertz CT molecular complexity index is 405. The van der Waals surface area contributed by atoms with Crippen LogP contribution in [-0.4, -0.2) is 35.8 Å². The van der Waals surface area contributed by atoms with Gasteiger partial charge >= 0.3 is 0 Å². The molecule has 4 heteroatoms. The lowest BCUT2D eigenvalue weighted by Gasteiger charge is -2.45. The Morgan fingerprint density at radius 3 is 2.72 bits per heavy atom. The smallest absolute Gasteiger partial charge is 0.213 e. The number of hydroxylamine groups is 2. The van der Waals surface area contributed by atoms with Gasteiger partial charge in [0.1, 0.15) is 0 Å². The summed E-state index contributed by atoms with van der Waals surface area (Å²) in [6.45, 7) is 6.19. The van der Waals surface area contributed by atoms with Crippen LogP contribution in [0, 0.1) is 17.8 Å². The Hall–Kier alpha value is -1.31. The van der Waals surface area contributed by atoms with E-state index in [9.17, 15) is 4.39 Å². The van der Waals surface area contributed by atoms with Gasteiger partial charge in [0.05, 0.1) is 12.0 Å². The van der Waals surface area contributed by atoms with Gasteiger partial charge in [-0.2, -0.15) is 4.39 Å². The maximum absolute atomic E-state index is 13.6. The lowest BCUT2D eigenvalue weighted by atomic mass is 9.90. The van der Waals surface area contributed by atoms with Crippen molar-refractivity contribution in [3.63, 3.8) is 0 Å². The van der Waals surface area contributed by atoms with Crippen molar-refractivity contribution in [3.05, 3.63) is 24.2 Å².